The summed E-state index contributed by atoms with van der Waals surface area (Å²) in [6.07, 6.45) is 0.219. The minimum absolute atomic E-state index is 0.0504. The Morgan fingerprint density at radius 1 is 1.48 bits per heavy atom. The number of amides is 1. The number of rotatable bonds is 6. The van der Waals surface area contributed by atoms with Gasteiger partial charge < -0.3 is 15.0 Å². The molecule has 1 atom stereocenters. The molecule has 0 saturated heterocycles. The maximum atomic E-state index is 11.8. The van der Waals surface area contributed by atoms with Crippen molar-refractivity contribution < 1.29 is 9.90 Å². The number of carbonyl (C=O) groups is 1. The van der Waals surface area contributed by atoms with Crippen molar-refractivity contribution >= 4 is 28.6 Å². The lowest BCUT2D eigenvalue weighted by atomic mass is 9.99. The highest BCUT2D eigenvalue weighted by atomic mass is 32.1. The largest absolute Gasteiger partial charge is 0.384 e. The first-order chi connectivity index (χ1) is 9.90. The normalized spacial score (nSPS) is 13.9. The summed E-state index contributed by atoms with van der Waals surface area (Å²) < 4.78 is 1.58. The van der Waals surface area contributed by atoms with Crippen LogP contribution in [0.25, 0.3) is 0 Å². The van der Waals surface area contributed by atoms with Gasteiger partial charge in [0, 0.05) is 24.0 Å². The molecule has 2 aromatic rings. The fraction of sp³-hybridized carbons (Fsp3) is 0.429. The maximum absolute atomic E-state index is 11.8. The first kappa shape index (κ1) is 15.9. The molecule has 114 valence electrons. The average Bonchev–Trinajstić information content (AvgIpc) is 3.06. The van der Waals surface area contributed by atoms with Crippen LogP contribution >= 0.6 is 22.7 Å². The van der Waals surface area contributed by atoms with Crippen molar-refractivity contribution in [1.29, 1.82) is 0 Å². The van der Waals surface area contributed by atoms with E-state index in [1.165, 1.54) is 11.3 Å². The Morgan fingerprint density at radius 3 is 2.81 bits per heavy atom. The Labute approximate surface area is 130 Å². The van der Waals surface area contributed by atoms with Gasteiger partial charge in [-0.3, -0.25) is 9.59 Å². The number of aromatic nitrogens is 1. The van der Waals surface area contributed by atoms with Crippen molar-refractivity contribution in [3.8, 4) is 0 Å². The lowest BCUT2D eigenvalue weighted by molar-refractivity contribution is -0.122. The molecule has 0 bridgehead atoms. The minimum atomic E-state index is -1.08. The highest BCUT2D eigenvalue weighted by molar-refractivity contribution is 7.08. The number of aliphatic hydroxyl groups is 1. The molecule has 0 aliphatic rings. The third kappa shape index (κ3) is 4.03. The summed E-state index contributed by atoms with van der Waals surface area (Å²) in [5.41, 5.74) is 0.575. The predicted octanol–water partition coefficient (Wildman–Crippen LogP) is 1.69. The quantitative estimate of drug-likeness (QED) is 0.849. The summed E-state index contributed by atoms with van der Waals surface area (Å²) in [4.78, 5) is 23.3. The monoisotopic (exact) mass is 326 g/mol. The Bertz CT molecular complexity index is 656. The van der Waals surface area contributed by atoms with Crippen molar-refractivity contribution in [3.05, 3.63) is 43.1 Å². The molecule has 2 aromatic heterocycles. The van der Waals surface area contributed by atoms with Crippen molar-refractivity contribution in [3.63, 3.8) is 0 Å². The van der Waals surface area contributed by atoms with Crippen LogP contribution in [0.15, 0.2) is 27.0 Å². The van der Waals surface area contributed by atoms with Gasteiger partial charge in [-0.15, -0.1) is 0 Å². The van der Waals surface area contributed by atoms with E-state index >= 15 is 0 Å². The number of hydrogen-bond acceptors (Lipinski definition) is 5. The molecule has 2 heterocycles. The summed E-state index contributed by atoms with van der Waals surface area (Å²) in [5, 5.41) is 18.5. The van der Waals surface area contributed by atoms with Crippen LogP contribution < -0.4 is 10.2 Å². The van der Waals surface area contributed by atoms with Crippen LogP contribution in [0.1, 0.15) is 24.6 Å². The number of thiophene rings is 1. The van der Waals surface area contributed by atoms with E-state index < -0.39 is 5.60 Å². The van der Waals surface area contributed by atoms with Gasteiger partial charge in [-0.25, -0.2) is 0 Å². The van der Waals surface area contributed by atoms with E-state index in [1.54, 1.807) is 16.9 Å². The van der Waals surface area contributed by atoms with Gasteiger partial charge in [0.1, 0.15) is 5.60 Å². The molecule has 2 rings (SSSR count). The van der Waals surface area contributed by atoms with E-state index in [9.17, 15) is 14.7 Å². The van der Waals surface area contributed by atoms with Crippen LogP contribution in [-0.2, 0) is 16.9 Å². The molecule has 2 N–H and O–H groups in total. The molecular formula is C14H18N2O3S2. The zero-order valence-corrected chi connectivity index (χ0v) is 13.6. The molecule has 1 amide bonds. The Kier molecular flexibility index (Phi) is 4.97. The summed E-state index contributed by atoms with van der Waals surface area (Å²) in [5.74, 6) is -0.178. The zero-order chi connectivity index (χ0) is 15.5. The summed E-state index contributed by atoms with van der Waals surface area (Å²) in [6.45, 7) is 4.03. The summed E-state index contributed by atoms with van der Waals surface area (Å²) in [7, 11) is 0. The van der Waals surface area contributed by atoms with Crippen LogP contribution in [0.5, 0.6) is 0 Å². The van der Waals surface area contributed by atoms with Crippen LogP contribution in [0.4, 0.5) is 0 Å². The van der Waals surface area contributed by atoms with Crippen LogP contribution in [0.3, 0.4) is 0 Å². The fourth-order valence-corrected chi connectivity index (χ4v) is 3.46. The molecule has 0 fully saturated rings. The molecule has 1 unspecified atom stereocenters. The van der Waals surface area contributed by atoms with Crippen LogP contribution in [0, 0.1) is 6.92 Å². The number of hydrogen-bond donors (Lipinski definition) is 2. The van der Waals surface area contributed by atoms with Gasteiger partial charge in [-0.1, -0.05) is 11.3 Å². The van der Waals surface area contributed by atoms with Gasteiger partial charge in [0.2, 0.25) is 5.91 Å². The second-order valence-corrected chi connectivity index (χ2v) is 6.71. The van der Waals surface area contributed by atoms with Crippen molar-refractivity contribution in [2.45, 2.75) is 32.4 Å². The molecule has 0 aromatic carbocycles. The summed E-state index contributed by atoms with van der Waals surface area (Å²) in [6, 6.07) is 1.84. The Hall–Kier alpha value is -1.44. The van der Waals surface area contributed by atoms with E-state index in [2.05, 4.69) is 5.32 Å². The minimum Gasteiger partial charge on any atom is -0.384 e. The molecule has 0 saturated carbocycles. The SMILES string of the molecule is Cc1csc(=O)n1CCC(=O)NCC(C)(O)c1ccsc1. The van der Waals surface area contributed by atoms with E-state index in [0.717, 1.165) is 22.6 Å². The number of nitrogens with one attached hydrogen (secondary N) is 1. The third-order valence-corrected chi connectivity index (χ3v) is 4.88. The lowest BCUT2D eigenvalue weighted by Gasteiger charge is -2.22. The average molecular weight is 326 g/mol. The van der Waals surface area contributed by atoms with E-state index in [4.69, 9.17) is 0 Å². The Morgan fingerprint density at radius 2 is 2.24 bits per heavy atom. The predicted molar refractivity (Wildman–Crippen MR) is 84.8 cm³/mol. The smallest absolute Gasteiger partial charge is 0.307 e. The maximum Gasteiger partial charge on any atom is 0.307 e. The lowest BCUT2D eigenvalue weighted by Crippen LogP contribution is -2.38. The van der Waals surface area contributed by atoms with E-state index in [-0.39, 0.29) is 23.7 Å². The molecule has 0 radical (unpaired) electrons. The number of nitrogens with zero attached hydrogens (tertiary/aromatic N) is 1. The van der Waals surface area contributed by atoms with Gasteiger partial charge >= 0.3 is 4.87 Å². The highest BCUT2D eigenvalue weighted by Gasteiger charge is 2.24. The highest BCUT2D eigenvalue weighted by Crippen LogP contribution is 2.21. The van der Waals surface area contributed by atoms with Crippen LogP contribution in [-0.4, -0.2) is 22.1 Å². The molecule has 0 aliphatic heterocycles. The molecule has 0 aliphatic carbocycles. The Balaban J connectivity index is 1.84. The topological polar surface area (TPSA) is 71.3 Å². The van der Waals surface area contributed by atoms with E-state index in [1.807, 2.05) is 23.8 Å². The van der Waals surface area contributed by atoms with Gasteiger partial charge in [0.15, 0.2) is 0 Å². The first-order valence-corrected chi connectivity index (χ1v) is 8.39. The molecule has 5 nitrogen and oxygen atoms in total. The molecule has 0 spiro atoms. The van der Waals surface area contributed by atoms with Gasteiger partial charge in [-0.2, -0.15) is 11.3 Å². The first-order valence-electron chi connectivity index (χ1n) is 6.57. The van der Waals surface area contributed by atoms with Crippen molar-refractivity contribution in [2.24, 2.45) is 0 Å². The van der Waals surface area contributed by atoms with Gasteiger partial charge in [0.05, 0.1) is 6.54 Å². The van der Waals surface area contributed by atoms with E-state index in [0.29, 0.717) is 6.54 Å². The zero-order valence-electron chi connectivity index (χ0n) is 12.0. The second-order valence-electron chi connectivity index (χ2n) is 5.11. The van der Waals surface area contributed by atoms with Gasteiger partial charge in [0.25, 0.3) is 0 Å². The third-order valence-electron chi connectivity index (χ3n) is 3.31. The van der Waals surface area contributed by atoms with Crippen molar-refractivity contribution in [1.82, 2.24) is 9.88 Å². The standard InChI is InChI=1S/C14H18N2O3S2/c1-10-7-21-13(18)16(10)5-3-12(17)15-9-14(2,19)11-4-6-20-8-11/h4,6-8,19H,3,5,9H2,1-2H3,(H,15,17). The molecule has 21 heavy (non-hydrogen) atoms. The number of thiazole rings is 1. The number of aryl methyl sites for hydroxylation is 1. The number of carbonyl (C=O) groups excluding carboxylic acids is 1. The second kappa shape index (κ2) is 6.55. The summed E-state index contributed by atoms with van der Waals surface area (Å²) >= 11 is 2.64. The molecular weight excluding hydrogens is 308 g/mol. The van der Waals surface area contributed by atoms with Gasteiger partial charge in [-0.05, 0) is 36.2 Å². The molecule has 7 heteroatoms. The van der Waals surface area contributed by atoms with Crippen molar-refractivity contribution in [2.75, 3.05) is 6.54 Å². The van der Waals surface area contributed by atoms with Crippen LogP contribution in [0.2, 0.25) is 0 Å². The fourth-order valence-electron chi connectivity index (χ4n) is 1.92.